The molecule has 1 aromatic rings. The lowest BCUT2D eigenvalue weighted by atomic mass is 9.88. The summed E-state index contributed by atoms with van der Waals surface area (Å²) in [6.07, 6.45) is 3.08. The van der Waals surface area contributed by atoms with E-state index in [2.05, 4.69) is 15.9 Å². The number of hydrogen-bond donors (Lipinski definition) is 0. The zero-order valence-electron chi connectivity index (χ0n) is 11.5. The fraction of sp³-hybridized carbons (Fsp3) is 0.600. The molecule has 2 saturated carbocycles. The van der Waals surface area contributed by atoms with Gasteiger partial charge in [0.1, 0.15) is 0 Å². The molecule has 0 saturated heterocycles. The molecule has 5 heteroatoms. The van der Waals surface area contributed by atoms with Gasteiger partial charge in [0, 0.05) is 5.33 Å². The molecule has 0 aromatic heterocycles. The molecule has 0 N–H and O–H groups in total. The van der Waals surface area contributed by atoms with Crippen LogP contribution in [-0.2, 0) is 14.3 Å². The summed E-state index contributed by atoms with van der Waals surface area (Å²) in [6, 6.07) is 6.86. The summed E-state index contributed by atoms with van der Waals surface area (Å²) in [5, 5.41) is 0.943. The molecule has 2 fully saturated rings. The zero-order chi connectivity index (χ0) is 14.3. The maximum absolute atomic E-state index is 12.3. The normalized spacial score (nSPS) is 32.7. The van der Waals surface area contributed by atoms with E-state index in [0.717, 1.165) is 23.7 Å². The molecule has 0 aliphatic heterocycles. The zero-order valence-corrected chi connectivity index (χ0v) is 13.9. The van der Waals surface area contributed by atoms with Crippen LogP contribution < -0.4 is 0 Å². The first kappa shape index (κ1) is 14.5. The predicted molar refractivity (Wildman–Crippen MR) is 81.4 cm³/mol. The van der Waals surface area contributed by atoms with Crippen LogP contribution >= 0.6 is 15.9 Å². The highest BCUT2D eigenvalue weighted by molar-refractivity contribution is 9.09. The lowest BCUT2D eigenvalue weighted by Gasteiger charge is -2.27. The summed E-state index contributed by atoms with van der Waals surface area (Å²) >= 11 is 3.53. The van der Waals surface area contributed by atoms with Gasteiger partial charge in [-0.15, -0.1) is 0 Å². The third-order valence-electron chi connectivity index (χ3n) is 4.65. The Morgan fingerprint density at radius 1 is 1.20 bits per heavy atom. The van der Waals surface area contributed by atoms with Crippen molar-refractivity contribution in [1.29, 1.82) is 0 Å². The van der Waals surface area contributed by atoms with E-state index >= 15 is 0 Å². The molecular formula is C15H19BrO3S. The molecular weight excluding hydrogens is 340 g/mol. The van der Waals surface area contributed by atoms with E-state index in [1.54, 1.807) is 24.3 Å². The first-order valence-corrected chi connectivity index (χ1v) is 9.58. The second-order valence-corrected chi connectivity index (χ2v) is 8.27. The van der Waals surface area contributed by atoms with Crippen LogP contribution in [0, 0.1) is 24.7 Å². The highest BCUT2D eigenvalue weighted by atomic mass is 79.9. The molecule has 2 aliphatic rings. The van der Waals surface area contributed by atoms with Crippen LogP contribution in [0.1, 0.15) is 24.8 Å². The summed E-state index contributed by atoms with van der Waals surface area (Å²) in [5.74, 6) is 1.59. The highest BCUT2D eigenvalue weighted by Gasteiger charge is 2.47. The third kappa shape index (κ3) is 2.68. The summed E-state index contributed by atoms with van der Waals surface area (Å²) in [6.45, 7) is 1.94. The predicted octanol–water partition coefficient (Wildman–Crippen LogP) is 3.51. The Hall–Kier alpha value is -0.390. The molecule has 2 aliphatic carbocycles. The second kappa shape index (κ2) is 5.43. The van der Waals surface area contributed by atoms with Crippen molar-refractivity contribution in [2.24, 2.45) is 17.8 Å². The van der Waals surface area contributed by atoms with Gasteiger partial charge in [-0.05, 0) is 56.1 Å². The quantitative estimate of drug-likeness (QED) is 0.610. The number of benzene rings is 1. The monoisotopic (exact) mass is 358 g/mol. The van der Waals surface area contributed by atoms with E-state index < -0.39 is 10.1 Å². The molecule has 0 amide bonds. The van der Waals surface area contributed by atoms with Crippen LogP contribution in [0.3, 0.4) is 0 Å². The molecule has 1 aromatic carbocycles. The van der Waals surface area contributed by atoms with Crippen molar-refractivity contribution in [2.45, 2.75) is 37.2 Å². The lowest BCUT2D eigenvalue weighted by Crippen LogP contribution is -2.30. The number of alkyl halides is 1. The molecule has 0 unspecified atom stereocenters. The van der Waals surface area contributed by atoms with Gasteiger partial charge in [0.15, 0.2) is 0 Å². The van der Waals surface area contributed by atoms with E-state index in [-0.39, 0.29) is 11.0 Å². The van der Waals surface area contributed by atoms with Crippen molar-refractivity contribution in [1.82, 2.24) is 0 Å². The Labute approximate surface area is 129 Å². The standard InChI is InChI=1S/C15H19BrO3S/c1-10-2-4-13(5-3-10)20(17,18)19-15-8-11-6-12(9-16)14(15)7-11/h2-5,11-12,14-15H,6-9H2,1H3/t11-,12-,14+,15-/m1/s1. The van der Waals surface area contributed by atoms with Crippen molar-refractivity contribution in [2.75, 3.05) is 5.33 Å². The van der Waals surface area contributed by atoms with Gasteiger partial charge < -0.3 is 0 Å². The van der Waals surface area contributed by atoms with Crippen molar-refractivity contribution in [3.63, 3.8) is 0 Å². The number of aryl methyl sites for hydroxylation is 1. The van der Waals surface area contributed by atoms with E-state index in [1.165, 1.54) is 6.42 Å². The fourth-order valence-electron chi connectivity index (χ4n) is 3.64. The Morgan fingerprint density at radius 3 is 2.50 bits per heavy atom. The molecule has 0 heterocycles. The van der Waals surface area contributed by atoms with Gasteiger partial charge in [-0.3, -0.25) is 4.18 Å². The summed E-state index contributed by atoms with van der Waals surface area (Å²) in [7, 11) is -3.63. The molecule has 2 bridgehead atoms. The molecule has 0 spiro atoms. The van der Waals surface area contributed by atoms with Crippen molar-refractivity contribution in [3.8, 4) is 0 Å². The van der Waals surface area contributed by atoms with Crippen LogP contribution in [-0.4, -0.2) is 19.9 Å². The minimum Gasteiger partial charge on any atom is -0.263 e. The molecule has 0 radical (unpaired) electrons. The smallest absolute Gasteiger partial charge is 0.263 e. The van der Waals surface area contributed by atoms with Gasteiger partial charge in [-0.2, -0.15) is 8.42 Å². The van der Waals surface area contributed by atoms with E-state index in [4.69, 9.17) is 4.18 Å². The number of halogens is 1. The Morgan fingerprint density at radius 2 is 1.90 bits per heavy atom. The topological polar surface area (TPSA) is 43.4 Å². The van der Waals surface area contributed by atoms with Crippen molar-refractivity contribution < 1.29 is 12.6 Å². The molecule has 3 rings (SSSR count). The molecule has 4 atom stereocenters. The first-order chi connectivity index (χ1) is 9.49. The van der Waals surface area contributed by atoms with E-state index in [0.29, 0.717) is 17.8 Å². The summed E-state index contributed by atoms with van der Waals surface area (Å²) in [5.41, 5.74) is 1.04. The average molecular weight is 359 g/mol. The van der Waals surface area contributed by atoms with Gasteiger partial charge in [-0.1, -0.05) is 33.6 Å². The fourth-order valence-corrected chi connectivity index (χ4v) is 5.51. The van der Waals surface area contributed by atoms with E-state index in [9.17, 15) is 8.42 Å². The van der Waals surface area contributed by atoms with Crippen LogP contribution in [0.4, 0.5) is 0 Å². The lowest BCUT2D eigenvalue weighted by molar-refractivity contribution is 0.117. The minimum absolute atomic E-state index is 0.136. The molecule has 110 valence electrons. The van der Waals surface area contributed by atoms with E-state index in [1.807, 2.05) is 6.92 Å². The Balaban J connectivity index is 1.76. The SMILES string of the molecule is Cc1ccc(S(=O)(=O)O[C@@H]2C[C@@H]3C[C@H](CBr)[C@@H]2C3)cc1. The number of fused-ring (bicyclic) bond motifs is 2. The molecule has 20 heavy (non-hydrogen) atoms. The average Bonchev–Trinajstić information content (AvgIpc) is 2.97. The Bertz CT molecular complexity index is 582. The number of rotatable bonds is 4. The van der Waals surface area contributed by atoms with Gasteiger partial charge in [0.2, 0.25) is 0 Å². The third-order valence-corrected chi connectivity index (χ3v) is 6.83. The Kier molecular flexibility index (Phi) is 3.95. The molecule has 3 nitrogen and oxygen atoms in total. The van der Waals surface area contributed by atoms with Gasteiger partial charge >= 0.3 is 0 Å². The maximum atomic E-state index is 12.3. The summed E-state index contributed by atoms with van der Waals surface area (Å²) in [4.78, 5) is 0.265. The second-order valence-electron chi connectivity index (χ2n) is 6.05. The van der Waals surface area contributed by atoms with Crippen molar-refractivity contribution in [3.05, 3.63) is 29.8 Å². The van der Waals surface area contributed by atoms with Crippen LogP contribution in [0.2, 0.25) is 0 Å². The van der Waals surface area contributed by atoms with Crippen molar-refractivity contribution >= 4 is 26.0 Å². The van der Waals surface area contributed by atoms with Gasteiger partial charge in [0.05, 0.1) is 11.0 Å². The highest BCUT2D eigenvalue weighted by Crippen LogP contribution is 2.50. The van der Waals surface area contributed by atoms with Crippen LogP contribution in [0.25, 0.3) is 0 Å². The first-order valence-electron chi connectivity index (χ1n) is 7.05. The van der Waals surface area contributed by atoms with Crippen LogP contribution in [0.15, 0.2) is 29.2 Å². The summed E-state index contributed by atoms with van der Waals surface area (Å²) < 4.78 is 30.2. The number of hydrogen-bond acceptors (Lipinski definition) is 3. The van der Waals surface area contributed by atoms with Crippen LogP contribution in [0.5, 0.6) is 0 Å². The van der Waals surface area contributed by atoms with Gasteiger partial charge in [-0.25, -0.2) is 0 Å². The minimum atomic E-state index is -3.63. The maximum Gasteiger partial charge on any atom is 0.297 e. The largest absolute Gasteiger partial charge is 0.297 e. The van der Waals surface area contributed by atoms with Gasteiger partial charge in [0.25, 0.3) is 10.1 Å².